The minimum Gasteiger partial charge on any atom is -0.404 e. The number of likely N-dealkylation sites (tertiary alicyclic amines) is 1. The SMILES string of the molecule is C=C(C(CCC)CCCC1C=CC(CCC(CC)CCN=C/C(=C\N)CC)=CC1)N1CCCC1. The highest BCUT2D eigenvalue weighted by Gasteiger charge is 2.21. The van der Waals surface area contributed by atoms with Gasteiger partial charge in [0.25, 0.3) is 0 Å². The Balaban J connectivity index is 1.66. The Bertz CT molecular complexity index is 693. The molecule has 1 fully saturated rings. The van der Waals surface area contributed by atoms with Crippen molar-refractivity contribution in [1.82, 2.24) is 4.90 Å². The van der Waals surface area contributed by atoms with E-state index in [1.165, 1.54) is 95.8 Å². The van der Waals surface area contributed by atoms with E-state index in [0.717, 1.165) is 30.4 Å². The number of nitrogens with two attached hydrogens (primary N) is 1. The van der Waals surface area contributed by atoms with Crippen LogP contribution in [0, 0.1) is 17.8 Å². The predicted octanol–water partition coefficient (Wildman–Crippen LogP) is 8.20. The van der Waals surface area contributed by atoms with Crippen LogP contribution in [0.3, 0.4) is 0 Å². The monoisotopic (exact) mass is 467 g/mol. The number of allylic oxidation sites excluding steroid dienone is 6. The fourth-order valence-electron chi connectivity index (χ4n) is 5.44. The van der Waals surface area contributed by atoms with Crippen LogP contribution in [-0.4, -0.2) is 30.7 Å². The molecule has 3 nitrogen and oxygen atoms in total. The smallest absolute Gasteiger partial charge is 0.0392 e. The summed E-state index contributed by atoms with van der Waals surface area (Å²) in [7, 11) is 0. The quantitative estimate of drug-likeness (QED) is 0.219. The highest BCUT2D eigenvalue weighted by Crippen LogP contribution is 2.30. The van der Waals surface area contributed by atoms with Gasteiger partial charge in [-0.05, 0) is 93.7 Å². The van der Waals surface area contributed by atoms with Gasteiger partial charge in [-0.2, -0.15) is 0 Å². The molecule has 34 heavy (non-hydrogen) atoms. The van der Waals surface area contributed by atoms with E-state index >= 15 is 0 Å². The van der Waals surface area contributed by atoms with Crippen LogP contribution in [0.4, 0.5) is 0 Å². The number of hydrogen-bond acceptors (Lipinski definition) is 3. The van der Waals surface area contributed by atoms with Gasteiger partial charge in [-0.15, -0.1) is 0 Å². The van der Waals surface area contributed by atoms with Gasteiger partial charge >= 0.3 is 0 Å². The zero-order valence-corrected chi connectivity index (χ0v) is 22.6. The molecule has 1 heterocycles. The van der Waals surface area contributed by atoms with E-state index in [-0.39, 0.29) is 0 Å². The number of nitrogens with zero attached hydrogens (tertiary/aromatic N) is 2. The fourth-order valence-corrected chi connectivity index (χ4v) is 5.44. The standard InChI is InChI=1S/C31H53N3/c1-5-11-31(26(4)34-22-8-9-23-34)13-10-12-29-16-18-30(19-17-29)15-14-27(6-2)20-21-33-25-28(7-3)24-32/h16,18-19,24-25,27,29,31H,4-15,17,20-23,32H2,1-3H3/b28-24-,33-25?. The van der Waals surface area contributed by atoms with Crippen molar-refractivity contribution in [2.24, 2.45) is 28.5 Å². The van der Waals surface area contributed by atoms with Crippen LogP contribution in [0.5, 0.6) is 0 Å². The lowest BCUT2D eigenvalue weighted by Gasteiger charge is -2.28. The molecule has 0 amide bonds. The molecule has 0 aromatic rings. The van der Waals surface area contributed by atoms with Crippen LogP contribution in [0.1, 0.15) is 104 Å². The van der Waals surface area contributed by atoms with Crippen molar-refractivity contribution in [1.29, 1.82) is 0 Å². The molecule has 192 valence electrons. The highest BCUT2D eigenvalue weighted by atomic mass is 15.1. The molecule has 0 spiro atoms. The molecule has 0 aromatic carbocycles. The summed E-state index contributed by atoms with van der Waals surface area (Å²) in [5.41, 5.74) is 9.70. The van der Waals surface area contributed by atoms with Crippen LogP contribution in [-0.2, 0) is 0 Å². The third-order valence-corrected chi connectivity index (χ3v) is 7.98. The Morgan fingerprint density at radius 2 is 1.97 bits per heavy atom. The van der Waals surface area contributed by atoms with Gasteiger partial charge in [-0.3, -0.25) is 4.99 Å². The van der Waals surface area contributed by atoms with Crippen molar-refractivity contribution >= 4 is 6.21 Å². The summed E-state index contributed by atoms with van der Waals surface area (Å²) >= 11 is 0. The van der Waals surface area contributed by atoms with Crippen molar-refractivity contribution in [3.8, 4) is 0 Å². The number of hydrogen-bond donors (Lipinski definition) is 1. The molecule has 1 saturated heterocycles. The van der Waals surface area contributed by atoms with E-state index in [1.807, 2.05) is 6.21 Å². The van der Waals surface area contributed by atoms with Gasteiger partial charge in [-0.1, -0.05) is 70.4 Å². The first-order valence-corrected chi connectivity index (χ1v) is 14.3. The largest absolute Gasteiger partial charge is 0.404 e. The van der Waals surface area contributed by atoms with Crippen molar-refractivity contribution < 1.29 is 0 Å². The van der Waals surface area contributed by atoms with Crippen LogP contribution in [0.15, 0.2) is 52.8 Å². The molecule has 0 saturated carbocycles. The van der Waals surface area contributed by atoms with Gasteiger partial charge in [0.15, 0.2) is 0 Å². The summed E-state index contributed by atoms with van der Waals surface area (Å²) in [5.74, 6) is 2.18. The second-order valence-electron chi connectivity index (χ2n) is 10.5. The Morgan fingerprint density at radius 1 is 1.18 bits per heavy atom. The maximum Gasteiger partial charge on any atom is 0.0392 e. The molecule has 1 aliphatic carbocycles. The van der Waals surface area contributed by atoms with E-state index in [9.17, 15) is 0 Å². The Kier molecular flexibility index (Phi) is 14.1. The van der Waals surface area contributed by atoms with Crippen molar-refractivity contribution in [3.05, 3.63) is 47.9 Å². The summed E-state index contributed by atoms with van der Waals surface area (Å²) in [6.45, 7) is 14.6. The van der Waals surface area contributed by atoms with Crippen LogP contribution in [0.25, 0.3) is 0 Å². The van der Waals surface area contributed by atoms with E-state index < -0.39 is 0 Å². The Hall–Kier alpha value is -1.77. The molecule has 0 bridgehead atoms. The van der Waals surface area contributed by atoms with E-state index in [1.54, 1.807) is 11.8 Å². The van der Waals surface area contributed by atoms with Gasteiger partial charge in [0.05, 0.1) is 0 Å². The van der Waals surface area contributed by atoms with Crippen molar-refractivity contribution in [2.75, 3.05) is 19.6 Å². The Morgan fingerprint density at radius 3 is 2.59 bits per heavy atom. The zero-order chi connectivity index (χ0) is 24.6. The lowest BCUT2D eigenvalue weighted by Crippen LogP contribution is -2.23. The van der Waals surface area contributed by atoms with Gasteiger partial charge < -0.3 is 10.6 Å². The molecule has 2 aliphatic rings. The minimum atomic E-state index is 0.692. The molecule has 0 radical (unpaired) electrons. The molecule has 0 aromatic heterocycles. The third kappa shape index (κ3) is 10.2. The van der Waals surface area contributed by atoms with Gasteiger partial charge in [0, 0.05) is 31.5 Å². The molecule has 3 atom stereocenters. The maximum atomic E-state index is 5.61. The topological polar surface area (TPSA) is 41.6 Å². The van der Waals surface area contributed by atoms with Crippen LogP contribution in [0.2, 0.25) is 0 Å². The molecule has 3 heteroatoms. The summed E-state index contributed by atoms with van der Waals surface area (Å²) in [4.78, 5) is 7.14. The third-order valence-electron chi connectivity index (χ3n) is 7.98. The normalized spacial score (nSPS) is 20.7. The van der Waals surface area contributed by atoms with Crippen LogP contribution < -0.4 is 5.73 Å². The number of rotatable bonds is 17. The molecule has 2 N–H and O–H groups in total. The zero-order valence-electron chi connectivity index (χ0n) is 22.6. The molecule has 2 rings (SSSR count). The van der Waals surface area contributed by atoms with Crippen molar-refractivity contribution in [3.63, 3.8) is 0 Å². The second-order valence-corrected chi connectivity index (χ2v) is 10.5. The fraction of sp³-hybridized carbons (Fsp3) is 0.710. The van der Waals surface area contributed by atoms with Gasteiger partial charge in [0.2, 0.25) is 0 Å². The molecular weight excluding hydrogens is 414 g/mol. The maximum absolute atomic E-state index is 5.61. The average molecular weight is 468 g/mol. The van der Waals surface area contributed by atoms with E-state index in [0.29, 0.717) is 5.92 Å². The summed E-state index contributed by atoms with van der Waals surface area (Å²) in [6, 6.07) is 0. The molecule has 1 aliphatic heterocycles. The predicted molar refractivity (Wildman–Crippen MR) is 151 cm³/mol. The van der Waals surface area contributed by atoms with Crippen LogP contribution >= 0.6 is 0 Å². The lowest BCUT2D eigenvalue weighted by atomic mass is 9.86. The van der Waals surface area contributed by atoms with E-state index in [4.69, 9.17) is 5.73 Å². The molecular formula is C31H53N3. The first-order valence-electron chi connectivity index (χ1n) is 14.3. The minimum absolute atomic E-state index is 0.692. The lowest BCUT2D eigenvalue weighted by molar-refractivity contribution is 0.329. The first kappa shape index (κ1) is 28.5. The second kappa shape index (κ2) is 16.8. The van der Waals surface area contributed by atoms with Gasteiger partial charge in [0.1, 0.15) is 0 Å². The first-order chi connectivity index (χ1) is 16.6. The van der Waals surface area contributed by atoms with Gasteiger partial charge in [-0.25, -0.2) is 0 Å². The Labute approximate surface area is 211 Å². The summed E-state index contributed by atoms with van der Waals surface area (Å²) < 4.78 is 0. The number of aliphatic imine (C=N–C) groups is 1. The van der Waals surface area contributed by atoms with E-state index in [2.05, 4.69) is 55.5 Å². The summed E-state index contributed by atoms with van der Waals surface area (Å²) in [6.07, 6.45) is 27.3. The average Bonchev–Trinajstić information content (AvgIpc) is 3.41. The highest BCUT2D eigenvalue weighted by molar-refractivity contribution is 5.78. The van der Waals surface area contributed by atoms with Crippen molar-refractivity contribution in [2.45, 2.75) is 104 Å². The molecule has 3 unspecified atom stereocenters. The summed E-state index contributed by atoms with van der Waals surface area (Å²) in [5, 5.41) is 0.